The molecule has 1 unspecified atom stereocenters. The molecule has 0 amide bonds. The van der Waals surface area contributed by atoms with Gasteiger partial charge in [0.2, 0.25) is 0 Å². The van der Waals surface area contributed by atoms with Crippen LogP contribution in [0.25, 0.3) is 0 Å². The van der Waals surface area contributed by atoms with Gasteiger partial charge in [-0.05, 0) is 30.2 Å². The minimum Gasteiger partial charge on any atom is -0.497 e. The maximum atomic E-state index is 9.28. The molecule has 0 radical (unpaired) electrons. The van der Waals surface area contributed by atoms with Gasteiger partial charge in [0.15, 0.2) is 0 Å². The molecule has 0 aliphatic rings. The van der Waals surface area contributed by atoms with Crippen molar-refractivity contribution in [1.82, 2.24) is 5.32 Å². The third kappa shape index (κ3) is 4.69. The van der Waals surface area contributed by atoms with Gasteiger partial charge in [0.05, 0.1) is 19.8 Å². The van der Waals surface area contributed by atoms with Crippen LogP contribution in [0.5, 0.6) is 11.5 Å². The van der Waals surface area contributed by atoms with Crippen LogP contribution in [0, 0.1) is 0 Å². The van der Waals surface area contributed by atoms with E-state index in [0.29, 0.717) is 6.61 Å². The maximum Gasteiger partial charge on any atom is 0.123 e. The standard InChI is InChI=1S/C16H27NO3/c1-6-17-12(10-18)11-20-15-8-7-13(19-5)9-14(15)16(2,3)4/h7-9,12,17-18H,6,10-11H2,1-5H3. The van der Waals surface area contributed by atoms with E-state index in [0.717, 1.165) is 23.6 Å². The number of rotatable bonds is 7. The van der Waals surface area contributed by atoms with Crippen LogP contribution in [-0.4, -0.2) is 38.0 Å². The van der Waals surface area contributed by atoms with Crippen molar-refractivity contribution in [2.45, 2.75) is 39.2 Å². The van der Waals surface area contributed by atoms with Gasteiger partial charge in [-0.3, -0.25) is 0 Å². The number of aliphatic hydroxyl groups excluding tert-OH is 1. The van der Waals surface area contributed by atoms with Gasteiger partial charge >= 0.3 is 0 Å². The Morgan fingerprint density at radius 2 is 2.00 bits per heavy atom. The van der Waals surface area contributed by atoms with Gasteiger partial charge in [-0.25, -0.2) is 0 Å². The lowest BCUT2D eigenvalue weighted by molar-refractivity contribution is 0.183. The number of benzene rings is 1. The molecule has 20 heavy (non-hydrogen) atoms. The van der Waals surface area contributed by atoms with E-state index in [9.17, 15) is 5.11 Å². The Morgan fingerprint density at radius 3 is 2.50 bits per heavy atom. The molecular formula is C16H27NO3. The van der Waals surface area contributed by atoms with Crippen molar-refractivity contribution in [2.24, 2.45) is 0 Å². The minimum atomic E-state index is -0.0464. The Kier molecular flexibility index (Phi) is 6.30. The third-order valence-electron chi connectivity index (χ3n) is 3.15. The summed E-state index contributed by atoms with van der Waals surface area (Å²) in [4.78, 5) is 0. The van der Waals surface area contributed by atoms with Gasteiger partial charge in [0.25, 0.3) is 0 Å². The summed E-state index contributed by atoms with van der Waals surface area (Å²) in [6.07, 6.45) is 0. The van der Waals surface area contributed by atoms with Crippen molar-refractivity contribution in [1.29, 1.82) is 0 Å². The molecule has 2 N–H and O–H groups in total. The normalized spacial score (nSPS) is 13.1. The number of likely N-dealkylation sites (N-methyl/N-ethyl adjacent to an activating group) is 1. The number of nitrogens with one attached hydrogen (secondary N) is 1. The van der Waals surface area contributed by atoms with Gasteiger partial charge in [-0.15, -0.1) is 0 Å². The van der Waals surface area contributed by atoms with Gasteiger partial charge in [-0.2, -0.15) is 0 Å². The monoisotopic (exact) mass is 281 g/mol. The van der Waals surface area contributed by atoms with Crippen molar-refractivity contribution < 1.29 is 14.6 Å². The Bertz CT molecular complexity index is 413. The second-order valence-electron chi connectivity index (χ2n) is 5.86. The molecule has 1 rings (SSSR count). The Morgan fingerprint density at radius 1 is 1.30 bits per heavy atom. The molecule has 0 aliphatic carbocycles. The van der Waals surface area contributed by atoms with Crippen LogP contribution >= 0.6 is 0 Å². The summed E-state index contributed by atoms with van der Waals surface area (Å²) in [7, 11) is 1.66. The molecule has 1 aromatic carbocycles. The first-order chi connectivity index (χ1) is 9.42. The van der Waals surface area contributed by atoms with Crippen molar-refractivity contribution in [3.8, 4) is 11.5 Å². The fourth-order valence-electron chi connectivity index (χ4n) is 2.00. The summed E-state index contributed by atoms with van der Waals surface area (Å²) in [5, 5.41) is 12.5. The summed E-state index contributed by atoms with van der Waals surface area (Å²) in [6.45, 7) is 9.75. The van der Waals surface area contributed by atoms with Crippen molar-refractivity contribution >= 4 is 0 Å². The highest BCUT2D eigenvalue weighted by atomic mass is 16.5. The highest BCUT2D eigenvalue weighted by molar-refractivity contribution is 5.44. The summed E-state index contributed by atoms with van der Waals surface area (Å²) < 4.78 is 11.2. The van der Waals surface area contributed by atoms with Crippen LogP contribution in [0.3, 0.4) is 0 Å². The Labute approximate surface area is 122 Å². The van der Waals surface area contributed by atoms with E-state index in [2.05, 4.69) is 26.1 Å². The molecule has 0 spiro atoms. The Balaban J connectivity index is 2.88. The van der Waals surface area contributed by atoms with Crippen molar-refractivity contribution in [2.75, 3.05) is 26.9 Å². The van der Waals surface area contributed by atoms with Crippen LogP contribution in [0.1, 0.15) is 33.3 Å². The molecule has 0 aliphatic heterocycles. The summed E-state index contributed by atoms with van der Waals surface area (Å²) in [5.74, 6) is 1.67. The molecule has 1 aromatic rings. The lowest BCUT2D eigenvalue weighted by Gasteiger charge is -2.25. The molecule has 0 fully saturated rings. The average Bonchev–Trinajstić information content (AvgIpc) is 2.42. The van der Waals surface area contributed by atoms with Crippen molar-refractivity contribution in [3.63, 3.8) is 0 Å². The zero-order valence-corrected chi connectivity index (χ0v) is 13.2. The van der Waals surface area contributed by atoms with E-state index >= 15 is 0 Å². The topological polar surface area (TPSA) is 50.7 Å². The summed E-state index contributed by atoms with van der Waals surface area (Å²) in [6, 6.07) is 5.79. The highest BCUT2D eigenvalue weighted by Crippen LogP contribution is 2.34. The summed E-state index contributed by atoms with van der Waals surface area (Å²) >= 11 is 0. The van der Waals surface area contributed by atoms with Crippen LogP contribution < -0.4 is 14.8 Å². The van der Waals surface area contributed by atoms with E-state index in [-0.39, 0.29) is 18.1 Å². The number of aliphatic hydroxyl groups is 1. The average molecular weight is 281 g/mol. The van der Waals surface area contributed by atoms with Gasteiger partial charge in [0, 0.05) is 5.56 Å². The number of hydrogen-bond donors (Lipinski definition) is 2. The number of ether oxygens (including phenoxy) is 2. The zero-order valence-electron chi connectivity index (χ0n) is 13.2. The fourth-order valence-corrected chi connectivity index (χ4v) is 2.00. The van der Waals surface area contributed by atoms with Crippen molar-refractivity contribution in [3.05, 3.63) is 23.8 Å². The largest absolute Gasteiger partial charge is 0.497 e. The zero-order chi connectivity index (χ0) is 15.2. The van der Waals surface area contributed by atoms with E-state index in [1.807, 2.05) is 25.1 Å². The Hall–Kier alpha value is -1.26. The second kappa shape index (κ2) is 7.50. The predicted octanol–water partition coefficient (Wildman–Crippen LogP) is 2.34. The van der Waals surface area contributed by atoms with Crippen LogP contribution in [0.4, 0.5) is 0 Å². The molecule has 0 bridgehead atoms. The SMILES string of the molecule is CCNC(CO)COc1ccc(OC)cc1C(C)(C)C. The molecule has 1 atom stereocenters. The molecule has 0 saturated carbocycles. The predicted molar refractivity (Wildman–Crippen MR) is 81.7 cm³/mol. The third-order valence-corrected chi connectivity index (χ3v) is 3.15. The van der Waals surface area contributed by atoms with E-state index < -0.39 is 0 Å². The molecule has 0 saturated heterocycles. The molecule has 4 heteroatoms. The lowest BCUT2D eigenvalue weighted by Crippen LogP contribution is -2.37. The van der Waals surface area contributed by atoms with E-state index in [1.165, 1.54) is 0 Å². The van der Waals surface area contributed by atoms with Crippen LogP contribution in [0.2, 0.25) is 0 Å². The molecule has 4 nitrogen and oxygen atoms in total. The van der Waals surface area contributed by atoms with Gasteiger partial charge in [0.1, 0.15) is 18.1 Å². The smallest absolute Gasteiger partial charge is 0.123 e. The highest BCUT2D eigenvalue weighted by Gasteiger charge is 2.20. The molecule has 114 valence electrons. The van der Waals surface area contributed by atoms with Gasteiger partial charge in [-0.1, -0.05) is 27.7 Å². The molecular weight excluding hydrogens is 254 g/mol. The van der Waals surface area contributed by atoms with E-state index in [4.69, 9.17) is 9.47 Å². The van der Waals surface area contributed by atoms with Gasteiger partial charge < -0.3 is 19.9 Å². The first-order valence-corrected chi connectivity index (χ1v) is 7.08. The van der Waals surface area contributed by atoms with Crippen LogP contribution in [0.15, 0.2) is 18.2 Å². The van der Waals surface area contributed by atoms with E-state index in [1.54, 1.807) is 7.11 Å². The second-order valence-corrected chi connectivity index (χ2v) is 5.86. The first kappa shape index (κ1) is 16.8. The lowest BCUT2D eigenvalue weighted by atomic mass is 9.86. The fraction of sp³-hybridized carbons (Fsp3) is 0.625. The molecule has 0 aromatic heterocycles. The number of hydrogen-bond acceptors (Lipinski definition) is 4. The molecule has 0 heterocycles. The minimum absolute atomic E-state index is 0.0310. The quantitative estimate of drug-likeness (QED) is 0.805. The number of methoxy groups -OCH3 is 1. The maximum absolute atomic E-state index is 9.28. The first-order valence-electron chi connectivity index (χ1n) is 7.08. The van der Waals surface area contributed by atoms with Crippen LogP contribution in [-0.2, 0) is 5.41 Å². The summed E-state index contributed by atoms with van der Waals surface area (Å²) in [5.41, 5.74) is 1.07.